The van der Waals surface area contributed by atoms with Crippen LogP contribution in [0.2, 0.25) is 0 Å². The number of nitrogens with one attached hydrogen (secondary N) is 2. The molecule has 8 nitrogen and oxygen atoms in total. The Hall–Kier alpha value is -1.55. The highest BCUT2D eigenvalue weighted by molar-refractivity contribution is 7.89. The van der Waals surface area contributed by atoms with Crippen LogP contribution in [0.3, 0.4) is 0 Å². The van der Waals surface area contributed by atoms with Crippen molar-refractivity contribution in [1.29, 1.82) is 0 Å². The Bertz CT molecular complexity index is 639. The van der Waals surface area contributed by atoms with Gasteiger partial charge in [0.05, 0.1) is 4.92 Å². The molecular formula is C15H24N4O4S. The molecule has 134 valence electrons. The number of nitro groups is 1. The van der Waals surface area contributed by atoms with Gasteiger partial charge in [-0.15, -0.1) is 0 Å². The summed E-state index contributed by atoms with van der Waals surface area (Å²) in [6, 6.07) is 5.52. The quantitative estimate of drug-likeness (QED) is 0.617. The summed E-state index contributed by atoms with van der Waals surface area (Å²) in [5.74, 6) is 0. The van der Waals surface area contributed by atoms with Gasteiger partial charge in [-0.25, -0.2) is 8.42 Å². The lowest BCUT2D eigenvalue weighted by molar-refractivity contribution is -0.387. The molecule has 0 bridgehead atoms. The van der Waals surface area contributed by atoms with Gasteiger partial charge in [-0.3, -0.25) is 10.1 Å². The average molecular weight is 356 g/mol. The number of rotatable bonds is 3. The van der Waals surface area contributed by atoms with Crippen molar-refractivity contribution in [2.24, 2.45) is 0 Å². The van der Waals surface area contributed by atoms with Gasteiger partial charge < -0.3 is 10.6 Å². The Kier molecular flexibility index (Phi) is 7.10. The molecule has 0 aromatic heterocycles. The minimum Gasteiger partial charge on any atom is -0.317 e. The summed E-state index contributed by atoms with van der Waals surface area (Å²) in [6.07, 6.45) is 2.39. The smallest absolute Gasteiger partial charge is 0.289 e. The SMILES string of the molecule is O=[N+]([O-])c1ccccc1S(=O)(=O)N1CCCNCCCNCCC1. The minimum absolute atomic E-state index is 0.233. The van der Waals surface area contributed by atoms with E-state index >= 15 is 0 Å². The maximum atomic E-state index is 12.9. The molecule has 1 aromatic carbocycles. The van der Waals surface area contributed by atoms with Gasteiger partial charge >= 0.3 is 0 Å². The molecule has 9 heteroatoms. The molecule has 2 rings (SSSR count). The van der Waals surface area contributed by atoms with E-state index in [0.717, 1.165) is 32.6 Å². The molecule has 0 atom stereocenters. The van der Waals surface area contributed by atoms with Crippen LogP contribution in [0.1, 0.15) is 19.3 Å². The highest BCUT2D eigenvalue weighted by Crippen LogP contribution is 2.26. The second kappa shape index (κ2) is 9.07. The third-order valence-electron chi connectivity index (χ3n) is 3.91. The molecule has 0 amide bonds. The van der Waals surface area contributed by atoms with Crippen molar-refractivity contribution in [3.63, 3.8) is 0 Å². The third-order valence-corrected chi connectivity index (χ3v) is 5.86. The topological polar surface area (TPSA) is 105 Å². The van der Waals surface area contributed by atoms with Crippen LogP contribution in [0.15, 0.2) is 29.2 Å². The molecule has 0 unspecified atom stereocenters. The van der Waals surface area contributed by atoms with E-state index in [1.54, 1.807) is 0 Å². The molecule has 1 saturated heterocycles. The van der Waals surface area contributed by atoms with Crippen molar-refractivity contribution in [2.75, 3.05) is 39.3 Å². The van der Waals surface area contributed by atoms with Gasteiger partial charge in [-0.2, -0.15) is 4.31 Å². The Balaban J connectivity index is 2.22. The lowest BCUT2D eigenvalue weighted by atomic mass is 10.3. The van der Waals surface area contributed by atoms with Crippen molar-refractivity contribution in [3.05, 3.63) is 34.4 Å². The van der Waals surface area contributed by atoms with Crippen LogP contribution < -0.4 is 10.6 Å². The zero-order valence-corrected chi connectivity index (χ0v) is 14.4. The van der Waals surface area contributed by atoms with Gasteiger partial charge in [0.15, 0.2) is 4.90 Å². The zero-order valence-electron chi connectivity index (χ0n) is 13.6. The first-order valence-corrected chi connectivity index (χ1v) is 9.62. The zero-order chi connectivity index (χ0) is 17.4. The van der Waals surface area contributed by atoms with Gasteiger partial charge in [0.1, 0.15) is 0 Å². The van der Waals surface area contributed by atoms with Gasteiger partial charge in [0, 0.05) is 19.2 Å². The second-order valence-electron chi connectivity index (χ2n) is 5.69. The number of benzene rings is 1. The van der Waals surface area contributed by atoms with E-state index in [9.17, 15) is 18.5 Å². The largest absolute Gasteiger partial charge is 0.317 e. The lowest BCUT2D eigenvalue weighted by Crippen LogP contribution is -2.37. The molecule has 0 radical (unpaired) electrons. The van der Waals surface area contributed by atoms with Crippen LogP contribution in [0.5, 0.6) is 0 Å². The maximum Gasteiger partial charge on any atom is 0.289 e. The third kappa shape index (κ3) is 4.97. The maximum absolute atomic E-state index is 12.9. The van der Waals surface area contributed by atoms with Crippen molar-refractivity contribution < 1.29 is 13.3 Å². The number of hydrogen-bond donors (Lipinski definition) is 2. The molecule has 2 N–H and O–H groups in total. The van der Waals surface area contributed by atoms with E-state index in [1.807, 2.05) is 0 Å². The van der Waals surface area contributed by atoms with Crippen molar-refractivity contribution in [2.45, 2.75) is 24.2 Å². The molecule has 1 aromatic rings. The predicted octanol–water partition coefficient (Wildman–Crippen LogP) is 0.949. The number of nitro benzene ring substituents is 1. The predicted molar refractivity (Wildman–Crippen MR) is 91.4 cm³/mol. The van der Waals surface area contributed by atoms with Crippen LogP contribution in [-0.4, -0.2) is 56.9 Å². The first-order valence-electron chi connectivity index (χ1n) is 8.18. The van der Waals surface area contributed by atoms with Gasteiger partial charge in [0.2, 0.25) is 10.0 Å². The first-order chi connectivity index (χ1) is 11.5. The van der Waals surface area contributed by atoms with Gasteiger partial charge in [0.25, 0.3) is 5.69 Å². The summed E-state index contributed by atoms with van der Waals surface area (Å²) in [5.41, 5.74) is -0.375. The fourth-order valence-corrected chi connectivity index (χ4v) is 4.34. The Labute approximate surface area is 142 Å². The summed E-state index contributed by atoms with van der Waals surface area (Å²) in [4.78, 5) is 10.3. The average Bonchev–Trinajstić information content (AvgIpc) is 2.55. The highest BCUT2D eigenvalue weighted by Gasteiger charge is 2.30. The second-order valence-corrected chi connectivity index (χ2v) is 7.60. The van der Waals surface area contributed by atoms with Gasteiger partial charge in [-0.1, -0.05) is 12.1 Å². The van der Waals surface area contributed by atoms with Crippen molar-refractivity contribution in [1.82, 2.24) is 14.9 Å². The van der Waals surface area contributed by atoms with Crippen molar-refractivity contribution >= 4 is 15.7 Å². The molecule has 0 saturated carbocycles. The molecule has 24 heavy (non-hydrogen) atoms. The van der Waals surface area contributed by atoms with Gasteiger partial charge in [-0.05, 0) is 51.5 Å². The molecule has 0 spiro atoms. The fraction of sp³-hybridized carbons (Fsp3) is 0.600. The summed E-state index contributed by atoms with van der Waals surface area (Å²) in [7, 11) is -3.89. The number of nitrogens with zero attached hydrogens (tertiary/aromatic N) is 2. The lowest BCUT2D eigenvalue weighted by Gasteiger charge is -2.23. The fourth-order valence-electron chi connectivity index (χ4n) is 2.67. The van der Waals surface area contributed by atoms with E-state index in [2.05, 4.69) is 10.6 Å². The first kappa shape index (κ1) is 18.8. The number of hydrogen-bond acceptors (Lipinski definition) is 6. The molecule has 1 aliphatic rings. The monoisotopic (exact) mass is 356 g/mol. The van der Waals surface area contributed by atoms with Crippen LogP contribution >= 0.6 is 0 Å². The standard InChI is InChI=1S/C15H24N4O4S/c20-19(21)14-6-1-2-7-15(14)24(22,23)18-12-4-10-16-8-3-9-17-11-5-13-18/h1-2,6-7,16-17H,3-5,8-13H2. The van der Waals surface area contributed by atoms with E-state index in [1.165, 1.54) is 28.6 Å². The number of para-hydroxylation sites is 1. The molecule has 1 aliphatic heterocycles. The molecule has 1 fully saturated rings. The normalized spacial score (nSPS) is 19.2. The summed E-state index contributed by atoms with van der Waals surface area (Å²) < 4.78 is 27.2. The van der Waals surface area contributed by atoms with Crippen LogP contribution in [0, 0.1) is 10.1 Å². The minimum atomic E-state index is -3.89. The molecular weight excluding hydrogens is 332 g/mol. The summed E-state index contributed by atoms with van der Waals surface area (Å²) in [5, 5.41) is 17.7. The summed E-state index contributed by atoms with van der Waals surface area (Å²) >= 11 is 0. The van der Waals surface area contributed by atoms with E-state index in [0.29, 0.717) is 25.9 Å². The van der Waals surface area contributed by atoms with Crippen LogP contribution in [0.4, 0.5) is 5.69 Å². The van der Waals surface area contributed by atoms with E-state index in [-0.39, 0.29) is 10.6 Å². The van der Waals surface area contributed by atoms with E-state index in [4.69, 9.17) is 0 Å². The Morgan fingerprint density at radius 1 is 0.958 bits per heavy atom. The Morgan fingerprint density at radius 2 is 1.50 bits per heavy atom. The number of sulfonamides is 1. The molecule has 1 heterocycles. The van der Waals surface area contributed by atoms with E-state index < -0.39 is 14.9 Å². The van der Waals surface area contributed by atoms with Crippen LogP contribution in [0.25, 0.3) is 0 Å². The van der Waals surface area contributed by atoms with Crippen molar-refractivity contribution in [3.8, 4) is 0 Å². The Morgan fingerprint density at radius 3 is 2.08 bits per heavy atom. The highest BCUT2D eigenvalue weighted by atomic mass is 32.2. The van der Waals surface area contributed by atoms with Crippen LogP contribution in [-0.2, 0) is 10.0 Å². The summed E-state index contributed by atoms with van der Waals surface area (Å²) in [6.45, 7) is 3.93. The molecule has 0 aliphatic carbocycles.